The molecular formula is C31H42N2O4S2. The van der Waals surface area contributed by atoms with E-state index >= 15 is 0 Å². The standard InChI is InChI=1S/C31H42N2O4S2/c1-6-37-30(36)26-24-16-15-21(31(3,4)5)17-25(24)39-29(26)33-27(34)19(2)38-23-14-10-13-22(18-23)32-28(35)20-11-8-7-9-12-20/h10,13-14,18-21H,6-9,11-12,15-17H2,1-5H3,(H,32,35)(H,33,34). The first kappa shape index (κ1) is 29.7. The third-order valence-corrected chi connectivity index (χ3v) is 10.2. The highest BCUT2D eigenvalue weighted by atomic mass is 32.2. The van der Waals surface area contributed by atoms with E-state index in [1.165, 1.54) is 34.4 Å². The Balaban J connectivity index is 1.45. The zero-order valence-corrected chi connectivity index (χ0v) is 25.5. The molecule has 212 valence electrons. The first-order chi connectivity index (χ1) is 18.6. The van der Waals surface area contributed by atoms with Crippen molar-refractivity contribution in [2.45, 2.75) is 96.1 Å². The van der Waals surface area contributed by atoms with E-state index in [0.29, 0.717) is 23.1 Å². The summed E-state index contributed by atoms with van der Waals surface area (Å²) in [7, 11) is 0. The number of thiophene rings is 1. The van der Waals surface area contributed by atoms with Crippen LogP contribution in [0, 0.1) is 17.3 Å². The zero-order valence-electron chi connectivity index (χ0n) is 23.9. The number of anilines is 2. The second kappa shape index (κ2) is 12.9. The van der Waals surface area contributed by atoms with E-state index < -0.39 is 5.25 Å². The summed E-state index contributed by atoms with van der Waals surface area (Å²) in [6.45, 7) is 10.7. The molecule has 1 heterocycles. The Morgan fingerprint density at radius 1 is 1.10 bits per heavy atom. The molecule has 1 aromatic heterocycles. The van der Waals surface area contributed by atoms with Crippen LogP contribution in [-0.2, 0) is 27.2 Å². The molecule has 2 unspecified atom stereocenters. The fraction of sp³-hybridized carbons (Fsp3) is 0.581. The van der Waals surface area contributed by atoms with Crippen LogP contribution in [0.25, 0.3) is 0 Å². The Kier molecular flexibility index (Phi) is 9.81. The van der Waals surface area contributed by atoms with Gasteiger partial charge in [0.2, 0.25) is 11.8 Å². The van der Waals surface area contributed by atoms with Crippen molar-refractivity contribution in [3.05, 3.63) is 40.3 Å². The summed E-state index contributed by atoms with van der Waals surface area (Å²) in [5.74, 6) is 0.185. The van der Waals surface area contributed by atoms with E-state index in [9.17, 15) is 14.4 Å². The van der Waals surface area contributed by atoms with E-state index in [1.807, 2.05) is 31.2 Å². The van der Waals surface area contributed by atoms with Crippen molar-refractivity contribution in [3.63, 3.8) is 0 Å². The van der Waals surface area contributed by atoms with E-state index in [2.05, 4.69) is 31.4 Å². The van der Waals surface area contributed by atoms with Crippen LogP contribution in [0.15, 0.2) is 29.2 Å². The molecule has 0 aliphatic heterocycles. The molecule has 2 aliphatic carbocycles. The molecule has 2 aromatic rings. The minimum Gasteiger partial charge on any atom is -0.462 e. The number of benzene rings is 1. The van der Waals surface area contributed by atoms with Crippen LogP contribution in [0.2, 0.25) is 0 Å². The lowest BCUT2D eigenvalue weighted by Gasteiger charge is -2.33. The Bertz CT molecular complexity index is 1190. The van der Waals surface area contributed by atoms with Crippen molar-refractivity contribution in [2.24, 2.45) is 17.3 Å². The van der Waals surface area contributed by atoms with Gasteiger partial charge in [0.15, 0.2) is 0 Å². The highest BCUT2D eigenvalue weighted by molar-refractivity contribution is 8.00. The van der Waals surface area contributed by atoms with Crippen LogP contribution < -0.4 is 10.6 Å². The number of rotatable bonds is 8. The van der Waals surface area contributed by atoms with Gasteiger partial charge in [-0.2, -0.15) is 0 Å². The number of carbonyl (C=O) groups excluding carboxylic acids is 3. The first-order valence-corrected chi connectivity index (χ1v) is 16.0. The van der Waals surface area contributed by atoms with Gasteiger partial charge in [0, 0.05) is 21.4 Å². The average Bonchev–Trinajstić information content (AvgIpc) is 3.26. The van der Waals surface area contributed by atoms with Crippen molar-refractivity contribution in [2.75, 3.05) is 17.2 Å². The Hall–Kier alpha value is -2.32. The van der Waals surface area contributed by atoms with E-state index in [1.54, 1.807) is 6.92 Å². The molecule has 2 atom stereocenters. The lowest BCUT2D eigenvalue weighted by Crippen LogP contribution is -2.27. The molecule has 6 nitrogen and oxygen atoms in total. The number of esters is 1. The minimum atomic E-state index is -0.397. The molecule has 4 rings (SSSR count). The molecular weight excluding hydrogens is 528 g/mol. The van der Waals surface area contributed by atoms with Gasteiger partial charge in [0.05, 0.1) is 17.4 Å². The summed E-state index contributed by atoms with van der Waals surface area (Å²) >= 11 is 2.96. The highest BCUT2D eigenvalue weighted by Crippen LogP contribution is 2.44. The molecule has 1 fully saturated rings. The second-order valence-electron chi connectivity index (χ2n) is 11.8. The number of fused-ring (bicyclic) bond motifs is 1. The van der Waals surface area contributed by atoms with E-state index in [0.717, 1.165) is 61.1 Å². The van der Waals surface area contributed by atoms with Crippen molar-refractivity contribution >= 4 is 51.6 Å². The highest BCUT2D eigenvalue weighted by Gasteiger charge is 2.35. The molecule has 0 bridgehead atoms. The van der Waals surface area contributed by atoms with Gasteiger partial charge in [-0.3, -0.25) is 9.59 Å². The van der Waals surface area contributed by atoms with Gasteiger partial charge in [0.25, 0.3) is 0 Å². The number of carbonyl (C=O) groups is 3. The van der Waals surface area contributed by atoms with E-state index in [-0.39, 0.29) is 29.1 Å². The molecule has 2 N–H and O–H groups in total. The number of ether oxygens (including phenoxy) is 1. The first-order valence-electron chi connectivity index (χ1n) is 14.3. The Morgan fingerprint density at radius 3 is 2.54 bits per heavy atom. The molecule has 2 amide bonds. The lowest BCUT2D eigenvalue weighted by molar-refractivity contribution is -0.120. The van der Waals surface area contributed by atoms with Crippen LogP contribution >= 0.6 is 23.1 Å². The van der Waals surface area contributed by atoms with Crippen LogP contribution in [0.5, 0.6) is 0 Å². The van der Waals surface area contributed by atoms with Gasteiger partial charge in [-0.05, 0) is 81.0 Å². The topological polar surface area (TPSA) is 84.5 Å². The summed E-state index contributed by atoms with van der Waals surface area (Å²) in [6, 6.07) is 7.67. The summed E-state index contributed by atoms with van der Waals surface area (Å²) in [4.78, 5) is 41.0. The maximum atomic E-state index is 13.3. The maximum absolute atomic E-state index is 13.3. The number of thioether (sulfide) groups is 1. The van der Waals surface area contributed by atoms with Crippen molar-refractivity contribution in [1.29, 1.82) is 0 Å². The van der Waals surface area contributed by atoms with E-state index in [4.69, 9.17) is 4.74 Å². The number of amides is 2. The third-order valence-electron chi connectivity index (χ3n) is 7.97. The lowest BCUT2D eigenvalue weighted by atomic mass is 9.72. The fourth-order valence-corrected chi connectivity index (χ4v) is 7.80. The Morgan fingerprint density at radius 2 is 1.85 bits per heavy atom. The third kappa shape index (κ3) is 7.46. The molecule has 2 aliphatic rings. The molecule has 39 heavy (non-hydrogen) atoms. The molecule has 1 saturated carbocycles. The smallest absolute Gasteiger partial charge is 0.341 e. The van der Waals surface area contributed by atoms with Crippen LogP contribution in [0.4, 0.5) is 10.7 Å². The van der Waals surface area contributed by atoms with Crippen LogP contribution in [0.3, 0.4) is 0 Å². The van der Waals surface area contributed by atoms with Crippen molar-refractivity contribution in [1.82, 2.24) is 0 Å². The Labute approximate surface area is 241 Å². The fourth-order valence-electron chi connectivity index (χ4n) is 5.56. The van der Waals surface area contributed by atoms with Crippen molar-refractivity contribution in [3.8, 4) is 0 Å². The largest absolute Gasteiger partial charge is 0.462 e. The SMILES string of the molecule is CCOC(=O)c1c(NC(=O)C(C)Sc2cccc(NC(=O)C3CCCCC3)c2)sc2c1CCC(C(C)(C)C)C2. The van der Waals surface area contributed by atoms with Gasteiger partial charge in [-0.25, -0.2) is 4.79 Å². The van der Waals surface area contributed by atoms with Gasteiger partial charge < -0.3 is 15.4 Å². The second-order valence-corrected chi connectivity index (χ2v) is 14.4. The molecule has 0 radical (unpaired) electrons. The van der Waals surface area contributed by atoms with Crippen LogP contribution in [-0.4, -0.2) is 29.6 Å². The van der Waals surface area contributed by atoms with Gasteiger partial charge >= 0.3 is 5.97 Å². The summed E-state index contributed by atoms with van der Waals surface area (Å²) in [6.07, 6.45) is 8.10. The van der Waals surface area contributed by atoms with Gasteiger partial charge in [-0.15, -0.1) is 23.1 Å². The number of hydrogen-bond donors (Lipinski definition) is 2. The summed E-state index contributed by atoms with van der Waals surface area (Å²) < 4.78 is 5.39. The monoisotopic (exact) mass is 570 g/mol. The van der Waals surface area contributed by atoms with Gasteiger partial charge in [0.1, 0.15) is 5.00 Å². The number of hydrogen-bond acceptors (Lipinski definition) is 6. The predicted octanol–water partition coefficient (Wildman–Crippen LogP) is 7.71. The normalized spacial score (nSPS) is 18.6. The van der Waals surface area contributed by atoms with Crippen molar-refractivity contribution < 1.29 is 19.1 Å². The molecule has 1 aromatic carbocycles. The summed E-state index contributed by atoms with van der Waals surface area (Å²) in [5.41, 5.74) is 2.51. The molecule has 0 saturated heterocycles. The minimum absolute atomic E-state index is 0.0867. The van der Waals surface area contributed by atoms with Gasteiger partial charge in [-0.1, -0.05) is 46.1 Å². The zero-order chi connectivity index (χ0) is 28.2. The molecule has 0 spiro atoms. The molecule has 8 heteroatoms. The number of nitrogens with one attached hydrogen (secondary N) is 2. The summed E-state index contributed by atoms with van der Waals surface area (Å²) in [5, 5.41) is 6.32. The van der Waals surface area contributed by atoms with Crippen LogP contribution in [0.1, 0.15) is 93.9 Å². The predicted molar refractivity (Wildman–Crippen MR) is 161 cm³/mol. The average molecular weight is 571 g/mol. The quantitative estimate of drug-likeness (QED) is 0.251. The maximum Gasteiger partial charge on any atom is 0.341 e.